The summed E-state index contributed by atoms with van der Waals surface area (Å²) in [5.41, 5.74) is 0.558. The molecule has 0 unspecified atom stereocenters. The Hall–Kier alpha value is -1.89. The fraction of sp³-hybridized carbons (Fsp3) is 0.222. The first-order valence-electron chi connectivity index (χ1n) is 4.56. The van der Waals surface area contributed by atoms with Gasteiger partial charge in [0.05, 0.1) is 18.3 Å². The van der Waals surface area contributed by atoms with Gasteiger partial charge in [0.25, 0.3) is 0 Å². The molecular weight excluding hydrogens is 228 g/mol. The molecular formula is C9H10N4O2S. The molecule has 2 aromatic heterocycles. The quantitative estimate of drug-likeness (QED) is 0.837. The number of anilines is 2. The molecule has 0 aliphatic heterocycles. The van der Waals surface area contributed by atoms with Gasteiger partial charge in [0.15, 0.2) is 5.13 Å². The van der Waals surface area contributed by atoms with Crippen LogP contribution in [-0.2, 0) is 18.3 Å². The molecule has 0 aliphatic rings. The van der Waals surface area contributed by atoms with Gasteiger partial charge in [0.2, 0.25) is 0 Å². The van der Waals surface area contributed by atoms with E-state index in [1.54, 1.807) is 16.3 Å². The van der Waals surface area contributed by atoms with Gasteiger partial charge in [-0.15, -0.1) is 11.3 Å². The minimum absolute atomic E-state index is 0.0520. The summed E-state index contributed by atoms with van der Waals surface area (Å²) in [7, 11) is 1.81. The Balaban J connectivity index is 2.08. The molecule has 0 bridgehead atoms. The van der Waals surface area contributed by atoms with Crippen molar-refractivity contribution >= 4 is 28.3 Å². The first kappa shape index (κ1) is 10.6. The van der Waals surface area contributed by atoms with Crippen LogP contribution in [0, 0.1) is 0 Å². The Morgan fingerprint density at radius 2 is 2.50 bits per heavy atom. The lowest BCUT2D eigenvalue weighted by atomic mass is 10.3. The fourth-order valence-corrected chi connectivity index (χ4v) is 1.92. The molecule has 0 radical (unpaired) electrons. The molecule has 0 fully saturated rings. The molecule has 0 spiro atoms. The van der Waals surface area contributed by atoms with Gasteiger partial charge >= 0.3 is 5.97 Å². The van der Waals surface area contributed by atoms with E-state index < -0.39 is 5.97 Å². The molecule has 0 atom stereocenters. The maximum Gasteiger partial charge on any atom is 0.309 e. The van der Waals surface area contributed by atoms with E-state index in [1.807, 2.05) is 13.1 Å². The number of hydrogen-bond donors (Lipinski definition) is 2. The van der Waals surface area contributed by atoms with Crippen molar-refractivity contribution in [3.63, 3.8) is 0 Å². The van der Waals surface area contributed by atoms with Crippen molar-refractivity contribution in [3.8, 4) is 0 Å². The van der Waals surface area contributed by atoms with E-state index in [0.29, 0.717) is 10.8 Å². The lowest BCUT2D eigenvalue weighted by Gasteiger charge is -2.01. The summed E-state index contributed by atoms with van der Waals surface area (Å²) in [5.74, 6) is -0.0615. The Bertz CT molecular complexity index is 505. The van der Waals surface area contributed by atoms with E-state index in [0.717, 1.165) is 5.82 Å². The maximum absolute atomic E-state index is 10.5. The third-order valence-corrected chi connectivity index (χ3v) is 2.75. The molecule has 6 nitrogen and oxygen atoms in total. The number of carboxylic acids is 1. The third-order valence-electron chi connectivity index (χ3n) is 1.94. The van der Waals surface area contributed by atoms with Gasteiger partial charge in [0, 0.05) is 18.5 Å². The highest BCUT2D eigenvalue weighted by Crippen LogP contribution is 2.20. The number of nitrogens with one attached hydrogen (secondary N) is 1. The second kappa shape index (κ2) is 4.31. The van der Waals surface area contributed by atoms with Gasteiger partial charge in [-0.05, 0) is 0 Å². The van der Waals surface area contributed by atoms with Crippen molar-refractivity contribution < 1.29 is 9.90 Å². The van der Waals surface area contributed by atoms with E-state index in [9.17, 15) is 4.79 Å². The van der Waals surface area contributed by atoms with Crippen LogP contribution < -0.4 is 5.32 Å². The average molecular weight is 238 g/mol. The number of rotatable bonds is 4. The number of aliphatic carboxylic acids is 1. The van der Waals surface area contributed by atoms with Crippen LogP contribution in [0.5, 0.6) is 0 Å². The summed E-state index contributed by atoms with van der Waals surface area (Å²) in [6.45, 7) is 0. The summed E-state index contributed by atoms with van der Waals surface area (Å²) in [4.78, 5) is 14.6. The minimum Gasteiger partial charge on any atom is -0.481 e. The summed E-state index contributed by atoms with van der Waals surface area (Å²) >= 11 is 1.37. The predicted octanol–water partition coefficient (Wildman–Crippen LogP) is 1.25. The van der Waals surface area contributed by atoms with Crippen molar-refractivity contribution in [1.29, 1.82) is 0 Å². The highest BCUT2D eigenvalue weighted by atomic mass is 32.1. The average Bonchev–Trinajstić information content (AvgIpc) is 2.77. The van der Waals surface area contributed by atoms with Crippen LogP contribution in [-0.4, -0.2) is 25.8 Å². The van der Waals surface area contributed by atoms with E-state index in [-0.39, 0.29) is 6.42 Å². The summed E-state index contributed by atoms with van der Waals surface area (Å²) < 4.78 is 1.68. The summed E-state index contributed by atoms with van der Waals surface area (Å²) in [5, 5.41) is 18.1. The van der Waals surface area contributed by atoms with Crippen LogP contribution in [0.4, 0.5) is 10.9 Å². The van der Waals surface area contributed by atoms with E-state index in [2.05, 4.69) is 15.4 Å². The molecule has 2 rings (SSSR count). The van der Waals surface area contributed by atoms with Gasteiger partial charge in [-0.1, -0.05) is 0 Å². The zero-order valence-electron chi connectivity index (χ0n) is 8.54. The topological polar surface area (TPSA) is 80.0 Å². The molecule has 0 saturated carbocycles. The number of aryl methyl sites for hydroxylation is 1. The Kier molecular flexibility index (Phi) is 2.86. The fourth-order valence-electron chi connectivity index (χ4n) is 1.21. The van der Waals surface area contributed by atoms with E-state index in [1.165, 1.54) is 11.3 Å². The Morgan fingerprint density at radius 1 is 1.69 bits per heavy atom. The van der Waals surface area contributed by atoms with Crippen LogP contribution >= 0.6 is 11.3 Å². The first-order chi connectivity index (χ1) is 7.65. The highest BCUT2D eigenvalue weighted by Gasteiger charge is 2.07. The summed E-state index contributed by atoms with van der Waals surface area (Å²) in [6.07, 6.45) is 1.62. The molecule has 16 heavy (non-hydrogen) atoms. The van der Waals surface area contributed by atoms with Gasteiger partial charge in [-0.3, -0.25) is 9.48 Å². The molecule has 2 aromatic rings. The zero-order valence-corrected chi connectivity index (χ0v) is 9.36. The van der Waals surface area contributed by atoms with Crippen LogP contribution in [0.15, 0.2) is 17.6 Å². The highest BCUT2D eigenvalue weighted by molar-refractivity contribution is 7.13. The van der Waals surface area contributed by atoms with E-state index >= 15 is 0 Å². The molecule has 7 heteroatoms. The standard InChI is InChI=1S/C9H10N4O2S/c1-13-7(2-3-10-13)12-9-11-6(5-16-9)4-8(14)15/h2-3,5H,4H2,1H3,(H,11,12)(H,14,15). The Labute approximate surface area is 95.6 Å². The van der Waals surface area contributed by atoms with Gasteiger partial charge in [-0.2, -0.15) is 5.10 Å². The molecule has 84 valence electrons. The van der Waals surface area contributed by atoms with Crippen LogP contribution in [0.1, 0.15) is 5.69 Å². The first-order valence-corrected chi connectivity index (χ1v) is 5.44. The maximum atomic E-state index is 10.5. The third kappa shape index (κ3) is 2.37. The minimum atomic E-state index is -0.877. The predicted molar refractivity (Wildman–Crippen MR) is 59.9 cm³/mol. The van der Waals surface area contributed by atoms with Gasteiger partial charge in [-0.25, -0.2) is 4.98 Å². The number of carboxylic acid groups (broad SMARTS) is 1. The number of aromatic nitrogens is 3. The number of nitrogens with zero attached hydrogens (tertiary/aromatic N) is 3. The molecule has 0 saturated heterocycles. The van der Waals surface area contributed by atoms with Crippen molar-refractivity contribution in [3.05, 3.63) is 23.3 Å². The van der Waals surface area contributed by atoms with E-state index in [4.69, 9.17) is 5.11 Å². The van der Waals surface area contributed by atoms with Gasteiger partial charge in [0.1, 0.15) is 5.82 Å². The lowest BCUT2D eigenvalue weighted by molar-refractivity contribution is -0.136. The molecule has 0 amide bonds. The van der Waals surface area contributed by atoms with Crippen molar-refractivity contribution in [2.24, 2.45) is 7.05 Å². The number of hydrogen-bond acceptors (Lipinski definition) is 5. The second-order valence-electron chi connectivity index (χ2n) is 3.18. The Morgan fingerprint density at radius 3 is 3.12 bits per heavy atom. The zero-order chi connectivity index (χ0) is 11.5. The lowest BCUT2D eigenvalue weighted by Crippen LogP contribution is -2.01. The largest absolute Gasteiger partial charge is 0.481 e. The normalized spacial score (nSPS) is 10.3. The van der Waals surface area contributed by atoms with Crippen LogP contribution in [0.25, 0.3) is 0 Å². The number of carbonyl (C=O) groups is 1. The van der Waals surface area contributed by atoms with Gasteiger partial charge < -0.3 is 10.4 Å². The van der Waals surface area contributed by atoms with Crippen LogP contribution in [0.3, 0.4) is 0 Å². The summed E-state index contributed by atoms with van der Waals surface area (Å²) in [6, 6.07) is 1.82. The second-order valence-corrected chi connectivity index (χ2v) is 4.04. The number of thiazole rings is 1. The SMILES string of the molecule is Cn1nccc1Nc1nc(CC(=O)O)cs1. The van der Waals surface area contributed by atoms with Crippen molar-refractivity contribution in [2.75, 3.05) is 5.32 Å². The molecule has 0 aromatic carbocycles. The van der Waals surface area contributed by atoms with Crippen molar-refractivity contribution in [1.82, 2.24) is 14.8 Å². The smallest absolute Gasteiger partial charge is 0.309 e. The monoisotopic (exact) mass is 238 g/mol. The molecule has 0 aliphatic carbocycles. The molecule has 2 heterocycles. The van der Waals surface area contributed by atoms with Crippen LogP contribution in [0.2, 0.25) is 0 Å². The van der Waals surface area contributed by atoms with Crippen molar-refractivity contribution in [2.45, 2.75) is 6.42 Å². The molecule has 2 N–H and O–H groups in total.